The molecule has 16 heteroatoms. The summed E-state index contributed by atoms with van der Waals surface area (Å²) >= 11 is 19.9. The van der Waals surface area contributed by atoms with Gasteiger partial charge < -0.3 is 5.48 Å². The summed E-state index contributed by atoms with van der Waals surface area (Å²) in [6.45, 7) is 0. The van der Waals surface area contributed by atoms with E-state index in [1.54, 1.807) is 109 Å². The average Bonchev–Trinajstić information content (AvgIpc) is 3.02. The van der Waals surface area contributed by atoms with Crippen molar-refractivity contribution in [1.29, 1.82) is 0 Å². The number of rotatable bonds is 4. The van der Waals surface area contributed by atoms with Crippen molar-refractivity contribution in [3.63, 3.8) is 0 Å². The van der Waals surface area contributed by atoms with E-state index < -0.39 is 34.3 Å². The van der Waals surface area contributed by atoms with Gasteiger partial charge in [0.1, 0.15) is 11.6 Å². The van der Waals surface area contributed by atoms with Crippen molar-refractivity contribution in [2.24, 2.45) is 0 Å². The van der Waals surface area contributed by atoms with Crippen LogP contribution in [0.1, 0.15) is 6.42 Å². The van der Waals surface area contributed by atoms with E-state index in [1.165, 1.54) is 10.6 Å². The molecule has 2 N–H and O–H groups in total. The summed E-state index contributed by atoms with van der Waals surface area (Å²) in [6.07, 6.45) is -0.324. The van der Waals surface area contributed by atoms with Crippen LogP contribution < -0.4 is 21.0 Å². The van der Waals surface area contributed by atoms with Crippen LogP contribution in [-0.4, -0.2) is 32.5 Å². The molecule has 0 bridgehead atoms. The lowest BCUT2D eigenvalue weighted by Gasteiger charge is -2.32. The van der Waals surface area contributed by atoms with E-state index in [-0.39, 0.29) is 17.1 Å². The van der Waals surface area contributed by atoms with Gasteiger partial charge in [0.05, 0.1) is 22.7 Å². The molecule has 248 valence electrons. The largest absolute Gasteiger partial charge is 0.412 e. The first-order chi connectivity index (χ1) is 22.4. The fraction of sp³-hybridized carbons (Fsp3) is 0.0312. The second-order valence-electron chi connectivity index (χ2n) is 9.42. The average molecular weight is 750 g/mol. The number of amides is 4. The number of imide groups is 2. The summed E-state index contributed by atoms with van der Waals surface area (Å²) in [5.41, 5.74) is 1.08. The fourth-order valence-electron chi connectivity index (χ4n) is 4.41. The molecule has 0 atom stereocenters. The van der Waals surface area contributed by atoms with Crippen LogP contribution in [0.25, 0.3) is 11.4 Å². The van der Waals surface area contributed by atoms with Gasteiger partial charge in [0.25, 0.3) is 5.56 Å². The summed E-state index contributed by atoms with van der Waals surface area (Å²) in [5, 5.41) is -3.14. The Morgan fingerprint density at radius 2 is 0.833 bits per heavy atom. The summed E-state index contributed by atoms with van der Waals surface area (Å²) in [5.74, 6) is -1.02. The molecule has 1 fully saturated rings. The summed E-state index contributed by atoms with van der Waals surface area (Å²) < 4.78 is 11.9. The molecule has 1 aliphatic heterocycles. The first-order valence-electron chi connectivity index (χ1n) is 13.5. The first kappa shape index (κ1) is 38.0. The maximum absolute atomic E-state index is 12.7. The van der Waals surface area contributed by atoms with Crippen molar-refractivity contribution in [3.05, 3.63) is 153 Å². The van der Waals surface area contributed by atoms with Gasteiger partial charge in [-0.05, 0) is 82.3 Å². The van der Waals surface area contributed by atoms with E-state index in [2.05, 4.69) is 33.7 Å². The van der Waals surface area contributed by atoms with Crippen molar-refractivity contribution < 1.29 is 24.4 Å². The highest BCUT2D eigenvalue weighted by Gasteiger charge is 2.39. The normalized spacial score (nSPS) is 12.6. The van der Waals surface area contributed by atoms with Crippen LogP contribution in [-0.2, 0) is 14.2 Å². The number of urea groups is 1. The zero-order valence-electron chi connectivity index (χ0n) is 24.5. The molecule has 1 aliphatic rings. The zero-order chi connectivity index (χ0) is 34.1. The van der Waals surface area contributed by atoms with Crippen molar-refractivity contribution in [2.75, 3.05) is 9.80 Å². The molecule has 0 unspecified atom stereocenters. The summed E-state index contributed by atoms with van der Waals surface area (Å²) in [7, 11) is 0. The molecule has 11 nitrogen and oxygen atoms in total. The van der Waals surface area contributed by atoms with Gasteiger partial charge in [0, 0.05) is 6.07 Å². The van der Waals surface area contributed by atoms with Gasteiger partial charge in [-0.3, -0.25) is 23.5 Å². The quantitative estimate of drug-likeness (QED) is 0.108. The van der Waals surface area contributed by atoms with Gasteiger partial charge in [-0.25, -0.2) is 24.0 Å². The molecule has 5 aromatic rings. The van der Waals surface area contributed by atoms with Gasteiger partial charge in [-0.2, -0.15) is 0 Å². The minimum atomic E-state index is -3.22. The van der Waals surface area contributed by atoms with Crippen molar-refractivity contribution in [3.8, 4) is 11.4 Å². The molecule has 4 aromatic carbocycles. The molecule has 0 saturated carbocycles. The monoisotopic (exact) mass is 748 g/mol. The van der Waals surface area contributed by atoms with Crippen LogP contribution in [0.2, 0.25) is 5.15 Å². The van der Waals surface area contributed by atoms with Gasteiger partial charge in [0.15, 0.2) is 0 Å². The molecule has 4 amide bonds. The number of halogens is 4. The number of para-hydroxylation sites is 4. The lowest BCUT2D eigenvalue weighted by Crippen LogP contribution is -2.55. The molecule has 2 heterocycles. The van der Waals surface area contributed by atoms with Crippen LogP contribution in [0.4, 0.5) is 16.2 Å². The lowest BCUT2D eigenvalue weighted by atomic mass is 10.2. The third-order valence-corrected chi connectivity index (χ3v) is 6.58. The molecule has 0 radical (unpaired) electrons. The Morgan fingerprint density at radius 1 is 0.521 bits per heavy atom. The highest BCUT2D eigenvalue weighted by Crippen LogP contribution is 2.61. The van der Waals surface area contributed by atoms with E-state index in [9.17, 15) is 28.5 Å². The number of hydrogen-bond acceptors (Lipinski definition) is 6. The third-order valence-electron chi connectivity index (χ3n) is 6.30. The van der Waals surface area contributed by atoms with E-state index >= 15 is 0 Å². The van der Waals surface area contributed by atoms with Crippen LogP contribution in [0.15, 0.2) is 137 Å². The summed E-state index contributed by atoms with van der Waals surface area (Å²) in [6, 6.07) is 35.5. The van der Waals surface area contributed by atoms with E-state index in [4.69, 9.17) is 11.6 Å². The van der Waals surface area contributed by atoms with Crippen LogP contribution in [0.3, 0.4) is 0 Å². The van der Waals surface area contributed by atoms with Gasteiger partial charge in [0.2, 0.25) is 11.8 Å². The number of aromatic nitrogens is 2. The number of carbonyl (C=O) groups excluding carboxylic acids is 3. The Labute approximate surface area is 293 Å². The Bertz CT molecular complexity index is 1980. The summed E-state index contributed by atoms with van der Waals surface area (Å²) in [4.78, 5) is 63.5. The lowest BCUT2D eigenvalue weighted by molar-refractivity contribution is -0.126. The first-order valence-corrected chi connectivity index (χ1v) is 18.3. The predicted octanol–water partition coefficient (Wildman–Crippen LogP) is 7.20. The molecule has 1 aromatic heterocycles. The predicted molar refractivity (Wildman–Crippen MR) is 189 cm³/mol. The van der Waals surface area contributed by atoms with Gasteiger partial charge in [-0.15, -0.1) is 0 Å². The standard InChI is InChI=1S/C16H11ClN2O2.C16H12N2O3.Cl3OP.H2O/c17-14-11-15(20)19(13-9-5-2-6-10-13)16(21)18(14)12-7-3-1-4-8-12;19-14-11-15(20)18(13-9-5-2-6-10-13)16(21)17(14)12-7-3-1-4-8-12;1-5(2,3)4;/h1-11H;1-10H,11H2;;1H2. The molecule has 1 saturated heterocycles. The van der Waals surface area contributed by atoms with Crippen molar-refractivity contribution in [1.82, 2.24) is 9.13 Å². The highest BCUT2D eigenvalue weighted by molar-refractivity contribution is 8.24. The van der Waals surface area contributed by atoms with Gasteiger partial charge in [-0.1, -0.05) is 84.4 Å². The molecule has 0 aliphatic carbocycles. The number of carbonyl (C=O) groups is 3. The van der Waals surface area contributed by atoms with Crippen LogP contribution >= 0.6 is 50.5 Å². The number of hydrogen-bond donors (Lipinski definition) is 0. The topological polar surface area (TPSA) is 150 Å². The molecule has 0 spiro atoms. The number of anilines is 2. The molecule has 6 rings (SSSR count). The smallest absolute Gasteiger partial charge is 0.342 e. The zero-order valence-corrected chi connectivity index (χ0v) is 28.4. The van der Waals surface area contributed by atoms with Crippen molar-refractivity contribution >= 4 is 79.7 Å². The van der Waals surface area contributed by atoms with Crippen LogP contribution in [0.5, 0.6) is 0 Å². The van der Waals surface area contributed by atoms with E-state index in [0.717, 1.165) is 14.4 Å². The third kappa shape index (κ3) is 9.77. The number of barbiturate groups is 1. The maximum atomic E-state index is 12.7. The second kappa shape index (κ2) is 17.1. The molecular weight excluding hydrogens is 725 g/mol. The second-order valence-corrected chi connectivity index (χ2v) is 16.4. The minimum Gasteiger partial charge on any atom is -0.412 e. The maximum Gasteiger partial charge on any atom is 0.342 e. The number of benzene rings is 4. The van der Waals surface area contributed by atoms with E-state index in [0.29, 0.717) is 22.7 Å². The fourth-order valence-corrected chi connectivity index (χ4v) is 4.67. The SMILES string of the molecule is O.O=C1CC(=O)N(c2ccccc2)C(=O)N1c1ccccc1.O=P(Cl)(Cl)Cl.O=c1cc(Cl)n(-c2ccccc2)c(=O)n1-c1ccccc1. The Balaban J connectivity index is 0.000000225. The number of nitrogens with zero attached hydrogens (tertiary/aromatic N) is 4. The minimum absolute atomic E-state index is 0. The Hall–Kier alpha value is -4.48. The van der Waals surface area contributed by atoms with Gasteiger partial charge >= 0.3 is 16.9 Å². The Morgan fingerprint density at radius 3 is 1.19 bits per heavy atom. The molecular formula is C32H25Cl4N4O7P. The highest BCUT2D eigenvalue weighted by atomic mass is 36.0. The van der Waals surface area contributed by atoms with Crippen molar-refractivity contribution in [2.45, 2.75) is 6.42 Å². The van der Waals surface area contributed by atoms with Crippen LogP contribution in [0, 0.1) is 0 Å². The van der Waals surface area contributed by atoms with E-state index in [1.807, 2.05) is 12.1 Å². The Kier molecular flexibility index (Phi) is 13.5. The molecule has 48 heavy (non-hydrogen) atoms.